The molecule has 2 N–H and O–H groups in total. The van der Waals surface area contributed by atoms with Gasteiger partial charge in [-0.25, -0.2) is 0 Å². The van der Waals surface area contributed by atoms with Crippen molar-refractivity contribution in [3.8, 4) is 0 Å². The molecule has 1 saturated carbocycles. The molecule has 0 unspecified atom stereocenters. The van der Waals surface area contributed by atoms with Crippen molar-refractivity contribution in [2.75, 3.05) is 25.6 Å². The van der Waals surface area contributed by atoms with Crippen LogP contribution in [0.3, 0.4) is 0 Å². The fraction of sp³-hybridized carbons (Fsp3) is 0.619. The summed E-state index contributed by atoms with van der Waals surface area (Å²) in [7, 11) is 1.66. The number of rotatable bonds is 8. The SMILES string of the molecule is CCc1cccc(C)c1NC(=O)C1CCC(C(=O)NCCCOC)CC1. The fourth-order valence-corrected chi connectivity index (χ4v) is 3.62. The van der Waals surface area contributed by atoms with E-state index in [1.807, 2.05) is 19.1 Å². The molecule has 1 aliphatic carbocycles. The number of carbonyl (C=O) groups excluding carboxylic acids is 2. The molecular formula is C21H32N2O3. The van der Waals surface area contributed by atoms with Crippen molar-refractivity contribution in [3.63, 3.8) is 0 Å². The lowest BCUT2D eigenvalue weighted by molar-refractivity contribution is -0.128. The second-order valence-electron chi connectivity index (χ2n) is 7.14. The van der Waals surface area contributed by atoms with Gasteiger partial charge in [-0.15, -0.1) is 0 Å². The molecule has 26 heavy (non-hydrogen) atoms. The summed E-state index contributed by atoms with van der Waals surface area (Å²) < 4.78 is 4.99. The molecule has 2 amide bonds. The van der Waals surface area contributed by atoms with Gasteiger partial charge in [0.2, 0.25) is 11.8 Å². The molecule has 5 heteroatoms. The summed E-state index contributed by atoms with van der Waals surface area (Å²) in [5.74, 6) is 0.239. The van der Waals surface area contributed by atoms with Crippen molar-refractivity contribution in [2.45, 2.75) is 52.4 Å². The number of hydrogen-bond acceptors (Lipinski definition) is 3. The molecule has 0 radical (unpaired) electrons. The molecule has 0 aliphatic heterocycles. The predicted molar refractivity (Wildman–Crippen MR) is 104 cm³/mol. The Morgan fingerprint density at radius 2 is 1.77 bits per heavy atom. The van der Waals surface area contributed by atoms with Crippen LogP contribution >= 0.6 is 0 Å². The van der Waals surface area contributed by atoms with Crippen LogP contribution in [0, 0.1) is 18.8 Å². The summed E-state index contributed by atoms with van der Waals surface area (Å²) in [4.78, 5) is 24.9. The number of amides is 2. The van der Waals surface area contributed by atoms with Crippen LogP contribution in [0.1, 0.15) is 50.2 Å². The minimum absolute atomic E-state index is 0.00291. The van der Waals surface area contributed by atoms with E-state index < -0.39 is 0 Å². The van der Waals surface area contributed by atoms with Gasteiger partial charge in [0.05, 0.1) is 0 Å². The highest BCUT2D eigenvalue weighted by atomic mass is 16.5. The van der Waals surface area contributed by atoms with E-state index in [0.717, 1.165) is 49.8 Å². The number of aryl methyl sites for hydroxylation is 2. The molecule has 0 spiro atoms. The highest BCUT2D eigenvalue weighted by Gasteiger charge is 2.30. The Bertz CT molecular complexity index is 607. The van der Waals surface area contributed by atoms with Crippen molar-refractivity contribution in [1.82, 2.24) is 5.32 Å². The highest BCUT2D eigenvalue weighted by molar-refractivity contribution is 5.94. The molecule has 0 atom stereocenters. The zero-order valence-corrected chi connectivity index (χ0v) is 16.3. The molecule has 0 heterocycles. The fourth-order valence-electron chi connectivity index (χ4n) is 3.62. The highest BCUT2D eigenvalue weighted by Crippen LogP contribution is 2.31. The normalized spacial score (nSPS) is 19.8. The first-order valence-electron chi connectivity index (χ1n) is 9.72. The molecule has 2 rings (SSSR count). The number of anilines is 1. The number of benzene rings is 1. The second-order valence-corrected chi connectivity index (χ2v) is 7.14. The number of nitrogens with one attached hydrogen (secondary N) is 2. The predicted octanol–water partition coefficient (Wildman–Crippen LogP) is 3.46. The van der Waals surface area contributed by atoms with E-state index in [4.69, 9.17) is 4.74 Å². The van der Waals surface area contributed by atoms with Crippen LogP contribution in [0.5, 0.6) is 0 Å². The summed E-state index contributed by atoms with van der Waals surface area (Å²) >= 11 is 0. The van der Waals surface area contributed by atoms with Crippen LogP contribution < -0.4 is 10.6 Å². The maximum Gasteiger partial charge on any atom is 0.227 e. The average molecular weight is 360 g/mol. The Morgan fingerprint density at radius 3 is 2.38 bits per heavy atom. The zero-order valence-electron chi connectivity index (χ0n) is 16.3. The molecule has 1 aromatic carbocycles. The van der Waals surface area contributed by atoms with Gasteiger partial charge in [-0.05, 0) is 56.6 Å². The van der Waals surface area contributed by atoms with Gasteiger partial charge >= 0.3 is 0 Å². The monoisotopic (exact) mass is 360 g/mol. The van der Waals surface area contributed by atoms with Crippen molar-refractivity contribution < 1.29 is 14.3 Å². The first kappa shape index (κ1) is 20.4. The van der Waals surface area contributed by atoms with Crippen molar-refractivity contribution in [1.29, 1.82) is 0 Å². The minimum Gasteiger partial charge on any atom is -0.385 e. The molecule has 144 valence electrons. The van der Waals surface area contributed by atoms with Crippen molar-refractivity contribution in [2.24, 2.45) is 11.8 Å². The van der Waals surface area contributed by atoms with E-state index in [1.165, 1.54) is 5.56 Å². The van der Waals surface area contributed by atoms with Crippen LogP contribution in [0.25, 0.3) is 0 Å². The summed E-state index contributed by atoms with van der Waals surface area (Å²) in [6.45, 7) is 5.44. The van der Waals surface area contributed by atoms with Crippen LogP contribution in [0.15, 0.2) is 18.2 Å². The third-order valence-corrected chi connectivity index (χ3v) is 5.28. The van der Waals surface area contributed by atoms with Gasteiger partial charge in [0.1, 0.15) is 0 Å². The maximum atomic E-state index is 12.7. The van der Waals surface area contributed by atoms with Gasteiger partial charge in [-0.2, -0.15) is 0 Å². The molecule has 5 nitrogen and oxygen atoms in total. The lowest BCUT2D eigenvalue weighted by Gasteiger charge is -2.27. The first-order valence-corrected chi connectivity index (χ1v) is 9.72. The number of ether oxygens (including phenoxy) is 1. The number of carbonyl (C=O) groups is 2. The van der Waals surface area contributed by atoms with Gasteiger partial charge in [0.15, 0.2) is 0 Å². The summed E-state index contributed by atoms with van der Waals surface area (Å²) in [6.07, 6.45) is 4.83. The van der Waals surface area contributed by atoms with Crippen LogP contribution in [-0.2, 0) is 20.7 Å². The number of para-hydroxylation sites is 1. The van der Waals surface area contributed by atoms with Gasteiger partial charge < -0.3 is 15.4 Å². The first-order chi connectivity index (χ1) is 12.6. The summed E-state index contributed by atoms with van der Waals surface area (Å²) in [5, 5.41) is 6.11. The van der Waals surface area contributed by atoms with E-state index in [1.54, 1.807) is 7.11 Å². The molecule has 1 aromatic rings. The Hall–Kier alpha value is -1.88. The maximum absolute atomic E-state index is 12.7. The largest absolute Gasteiger partial charge is 0.385 e. The molecule has 1 aliphatic rings. The molecular weight excluding hydrogens is 328 g/mol. The van der Waals surface area contributed by atoms with E-state index in [0.29, 0.717) is 13.2 Å². The summed E-state index contributed by atoms with van der Waals surface area (Å²) in [6, 6.07) is 6.12. The zero-order chi connectivity index (χ0) is 18.9. The molecule has 0 bridgehead atoms. The lowest BCUT2D eigenvalue weighted by atomic mass is 9.81. The van der Waals surface area contributed by atoms with Crippen molar-refractivity contribution in [3.05, 3.63) is 29.3 Å². The van der Waals surface area contributed by atoms with Crippen LogP contribution in [0.2, 0.25) is 0 Å². The Morgan fingerprint density at radius 1 is 1.12 bits per heavy atom. The van der Waals surface area contributed by atoms with Crippen molar-refractivity contribution >= 4 is 17.5 Å². The van der Waals surface area contributed by atoms with Gasteiger partial charge in [-0.1, -0.05) is 25.1 Å². The summed E-state index contributed by atoms with van der Waals surface area (Å²) in [5.41, 5.74) is 3.22. The Balaban J connectivity index is 1.82. The van der Waals surface area contributed by atoms with Gasteiger partial charge in [0.25, 0.3) is 0 Å². The third kappa shape index (κ3) is 5.56. The number of hydrogen-bond donors (Lipinski definition) is 2. The molecule has 1 fully saturated rings. The van der Waals surface area contributed by atoms with Gasteiger partial charge in [0, 0.05) is 37.8 Å². The van der Waals surface area contributed by atoms with Crippen LogP contribution in [0.4, 0.5) is 5.69 Å². The van der Waals surface area contributed by atoms with Crippen LogP contribution in [-0.4, -0.2) is 32.1 Å². The second kappa shape index (κ2) is 10.3. The quantitative estimate of drug-likeness (QED) is 0.698. The minimum atomic E-state index is -0.00291. The average Bonchev–Trinajstić information content (AvgIpc) is 2.66. The standard InChI is InChI=1S/C21H32N2O3/c1-4-16-8-5-7-15(2)19(16)23-21(25)18-11-9-17(10-12-18)20(24)22-13-6-14-26-3/h5,7-8,17-18H,4,6,9-14H2,1-3H3,(H,22,24)(H,23,25). The Kier molecular flexibility index (Phi) is 8.10. The third-order valence-electron chi connectivity index (χ3n) is 5.28. The molecule has 0 saturated heterocycles. The van der Waals surface area contributed by atoms with Gasteiger partial charge in [-0.3, -0.25) is 9.59 Å². The Labute approximate surface area is 156 Å². The lowest BCUT2D eigenvalue weighted by Crippen LogP contribution is -2.36. The molecule has 0 aromatic heterocycles. The number of methoxy groups -OCH3 is 1. The van der Waals surface area contributed by atoms with E-state index in [9.17, 15) is 9.59 Å². The van der Waals surface area contributed by atoms with E-state index in [-0.39, 0.29) is 23.7 Å². The van der Waals surface area contributed by atoms with E-state index in [2.05, 4.69) is 23.6 Å². The van der Waals surface area contributed by atoms with E-state index >= 15 is 0 Å². The topological polar surface area (TPSA) is 67.4 Å². The smallest absolute Gasteiger partial charge is 0.227 e.